The van der Waals surface area contributed by atoms with Crippen molar-refractivity contribution >= 4 is 35.5 Å². The second-order valence-electron chi connectivity index (χ2n) is 4.00. The van der Waals surface area contributed by atoms with Gasteiger partial charge in [-0.3, -0.25) is 0 Å². The summed E-state index contributed by atoms with van der Waals surface area (Å²) in [4.78, 5) is 14.1. The summed E-state index contributed by atoms with van der Waals surface area (Å²) in [5.74, 6) is 0.736. The minimum absolute atomic E-state index is 0.299. The summed E-state index contributed by atoms with van der Waals surface area (Å²) in [6, 6.07) is 0. The molecule has 0 radical (unpaired) electrons. The van der Waals surface area contributed by atoms with Crippen molar-refractivity contribution in [3.05, 3.63) is 15.9 Å². The Balaban J connectivity index is 2.29. The van der Waals surface area contributed by atoms with Gasteiger partial charge in [0.2, 0.25) is 0 Å². The predicted octanol–water partition coefficient (Wildman–Crippen LogP) is 2.88. The van der Waals surface area contributed by atoms with E-state index in [0.29, 0.717) is 22.2 Å². The number of rotatable bonds is 3. The zero-order chi connectivity index (χ0) is 11.7. The van der Waals surface area contributed by atoms with E-state index in [1.165, 1.54) is 0 Å². The lowest BCUT2D eigenvalue weighted by Gasteiger charge is -2.05. The van der Waals surface area contributed by atoms with Gasteiger partial charge in [-0.05, 0) is 18.8 Å². The van der Waals surface area contributed by atoms with Gasteiger partial charge in [-0.15, -0.1) is 0 Å². The molecule has 6 heteroatoms. The van der Waals surface area contributed by atoms with Crippen molar-refractivity contribution in [2.24, 2.45) is 4.99 Å². The third-order valence-corrected chi connectivity index (χ3v) is 2.81. The third-order valence-electron chi connectivity index (χ3n) is 2.23. The summed E-state index contributed by atoms with van der Waals surface area (Å²) < 4.78 is 0. The van der Waals surface area contributed by atoms with Crippen LogP contribution in [0.5, 0.6) is 0 Å². The molecular formula is C10H12Cl2N4. The summed E-state index contributed by atoms with van der Waals surface area (Å²) in [6.45, 7) is 0. The molecule has 0 aromatic carbocycles. The fourth-order valence-corrected chi connectivity index (χ4v) is 2.03. The Hall–Kier alpha value is -0.870. The zero-order valence-electron chi connectivity index (χ0n) is 9.11. The first-order valence-electron chi connectivity index (χ1n) is 5.01. The molecule has 0 N–H and O–H groups in total. The van der Waals surface area contributed by atoms with Crippen molar-refractivity contribution in [2.45, 2.75) is 18.8 Å². The van der Waals surface area contributed by atoms with Gasteiger partial charge in [0.05, 0.1) is 6.34 Å². The molecule has 1 fully saturated rings. The number of halogens is 2. The number of aromatic nitrogens is 2. The Morgan fingerprint density at radius 1 is 1.25 bits per heavy atom. The fourth-order valence-electron chi connectivity index (χ4n) is 1.34. The molecule has 1 aliphatic rings. The predicted molar refractivity (Wildman–Crippen MR) is 65.9 cm³/mol. The van der Waals surface area contributed by atoms with Crippen molar-refractivity contribution in [2.75, 3.05) is 14.1 Å². The topological polar surface area (TPSA) is 41.4 Å². The molecule has 0 unspecified atom stereocenters. The Morgan fingerprint density at radius 3 is 2.25 bits per heavy atom. The van der Waals surface area contributed by atoms with Crippen LogP contribution in [0.15, 0.2) is 4.99 Å². The van der Waals surface area contributed by atoms with E-state index in [9.17, 15) is 0 Å². The van der Waals surface area contributed by atoms with Crippen molar-refractivity contribution in [3.8, 4) is 0 Å². The summed E-state index contributed by atoms with van der Waals surface area (Å²) in [5, 5.41) is 0.849. The Labute approximate surface area is 104 Å². The lowest BCUT2D eigenvalue weighted by molar-refractivity contribution is 0.642. The van der Waals surface area contributed by atoms with E-state index in [-0.39, 0.29) is 0 Å². The maximum Gasteiger partial charge on any atom is 0.253 e. The van der Waals surface area contributed by atoms with Crippen LogP contribution < -0.4 is 0 Å². The summed E-state index contributed by atoms with van der Waals surface area (Å²) >= 11 is 12.1. The first kappa shape index (κ1) is 11.6. The first-order valence-corrected chi connectivity index (χ1v) is 5.77. The monoisotopic (exact) mass is 258 g/mol. The highest BCUT2D eigenvalue weighted by atomic mass is 35.5. The van der Waals surface area contributed by atoms with Crippen LogP contribution in [0.1, 0.15) is 24.3 Å². The Kier molecular flexibility index (Phi) is 3.30. The molecule has 0 atom stereocenters. The second-order valence-corrected chi connectivity index (χ2v) is 4.72. The van der Waals surface area contributed by atoms with E-state index in [4.69, 9.17) is 23.2 Å². The van der Waals surface area contributed by atoms with Crippen LogP contribution in [0.4, 0.5) is 5.95 Å². The zero-order valence-corrected chi connectivity index (χ0v) is 10.6. The van der Waals surface area contributed by atoms with Gasteiger partial charge in [-0.2, -0.15) is 9.97 Å². The molecule has 1 aliphatic carbocycles. The molecule has 1 saturated carbocycles. The van der Waals surface area contributed by atoms with E-state index in [0.717, 1.165) is 18.4 Å². The molecular weight excluding hydrogens is 247 g/mol. The molecule has 2 rings (SSSR count). The highest BCUT2D eigenvalue weighted by Gasteiger charge is 2.30. The summed E-state index contributed by atoms with van der Waals surface area (Å²) in [6.07, 6.45) is 3.84. The van der Waals surface area contributed by atoms with Crippen LogP contribution in [-0.2, 0) is 0 Å². The standard InChI is InChI=1S/C10H12Cl2N4/c1-16(2)5-13-10-14-8(11)7(6-3-4-6)9(12)15-10/h5-6H,3-4H2,1-2H3. The largest absolute Gasteiger partial charge is 0.369 e. The third kappa shape index (κ3) is 2.62. The molecule has 0 aliphatic heterocycles. The van der Waals surface area contributed by atoms with Crippen molar-refractivity contribution in [3.63, 3.8) is 0 Å². The number of nitrogens with zero attached hydrogens (tertiary/aromatic N) is 4. The average molecular weight is 259 g/mol. The van der Waals surface area contributed by atoms with Gasteiger partial charge in [-0.1, -0.05) is 23.2 Å². The Morgan fingerprint density at radius 2 is 1.81 bits per heavy atom. The summed E-state index contributed by atoms with van der Waals surface area (Å²) in [7, 11) is 3.73. The van der Waals surface area contributed by atoms with Gasteiger partial charge in [0.1, 0.15) is 10.3 Å². The van der Waals surface area contributed by atoms with Crippen molar-refractivity contribution < 1.29 is 0 Å². The van der Waals surface area contributed by atoms with E-state index < -0.39 is 0 Å². The van der Waals surface area contributed by atoms with Crippen LogP contribution >= 0.6 is 23.2 Å². The van der Waals surface area contributed by atoms with Gasteiger partial charge in [0, 0.05) is 19.7 Å². The lowest BCUT2D eigenvalue weighted by atomic mass is 10.2. The highest BCUT2D eigenvalue weighted by molar-refractivity contribution is 6.34. The normalized spacial score (nSPS) is 15.8. The SMILES string of the molecule is CN(C)C=Nc1nc(Cl)c(C2CC2)c(Cl)n1. The number of hydrogen-bond acceptors (Lipinski definition) is 3. The maximum absolute atomic E-state index is 6.06. The average Bonchev–Trinajstić information content (AvgIpc) is 2.97. The second kappa shape index (κ2) is 4.55. The molecule has 1 aromatic heterocycles. The van der Waals surface area contributed by atoms with E-state index >= 15 is 0 Å². The smallest absolute Gasteiger partial charge is 0.253 e. The van der Waals surface area contributed by atoms with Crippen LogP contribution in [0.2, 0.25) is 10.3 Å². The first-order chi connectivity index (χ1) is 7.58. The van der Waals surface area contributed by atoms with Crippen LogP contribution in [0.3, 0.4) is 0 Å². The van der Waals surface area contributed by atoms with Gasteiger partial charge in [0.15, 0.2) is 0 Å². The fraction of sp³-hybridized carbons (Fsp3) is 0.500. The molecule has 0 saturated heterocycles. The van der Waals surface area contributed by atoms with E-state index in [2.05, 4.69) is 15.0 Å². The van der Waals surface area contributed by atoms with Crippen LogP contribution in [0.25, 0.3) is 0 Å². The molecule has 86 valence electrons. The van der Waals surface area contributed by atoms with Crippen LogP contribution in [0, 0.1) is 0 Å². The Bertz CT molecular complexity index is 404. The molecule has 0 amide bonds. The van der Waals surface area contributed by atoms with Gasteiger partial charge in [-0.25, -0.2) is 4.99 Å². The van der Waals surface area contributed by atoms with Crippen LogP contribution in [-0.4, -0.2) is 35.3 Å². The molecule has 1 heterocycles. The van der Waals surface area contributed by atoms with Gasteiger partial charge < -0.3 is 4.90 Å². The quantitative estimate of drug-likeness (QED) is 0.476. The minimum atomic E-state index is 0.299. The molecule has 0 bridgehead atoms. The summed E-state index contributed by atoms with van der Waals surface area (Å²) in [5.41, 5.74) is 0.868. The molecule has 0 spiro atoms. The maximum atomic E-state index is 6.06. The molecule has 4 nitrogen and oxygen atoms in total. The number of aliphatic imine (C=N–C) groups is 1. The minimum Gasteiger partial charge on any atom is -0.369 e. The number of hydrogen-bond donors (Lipinski definition) is 0. The molecule has 16 heavy (non-hydrogen) atoms. The molecule has 1 aromatic rings. The van der Waals surface area contributed by atoms with Crippen molar-refractivity contribution in [1.29, 1.82) is 0 Å². The highest BCUT2D eigenvalue weighted by Crippen LogP contribution is 2.45. The van der Waals surface area contributed by atoms with Gasteiger partial charge >= 0.3 is 0 Å². The van der Waals surface area contributed by atoms with E-state index in [1.54, 1.807) is 11.2 Å². The van der Waals surface area contributed by atoms with Crippen molar-refractivity contribution in [1.82, 2.24) is 14.9 Å². The van der Waals surface area contributed by atoms with Gasteiger partial charge in [0.25, 0.3) is 5.95 Å². The lowest BCUT2D eigenvalue weighted by Crippen LogP contribution is -2.07. The van der Waals surface area contributed by atoms with E-state index in [1.807, 2.05) is 14.1 Å².